The van der Waals surface area contributed by atoms with E-state index < -0.39 is 27.8 Å². The molecule has 1 amide bonds. The Morgan fingerprint density at radius 3 is 2.36 bits per heavy atom. The summed E-state index contributed by atoms with van der Waals surface area (Å²) in [5.41, 5.74) is 6.60. The van der Waals surface area contributed by atoms with Crippen LogP contribution in [-0.2, 0) is 21.2 Å². The van der Waals surface area contributed by atoms with Crippen LogP contribution in [0.1, 0.15) is 30.5 Å². The van der Waals surface area contributed by atoms with E-state index in [1.54, 1.807) is 12.1 Å². The van der Waals surface area contributed by atoms with Crippen LogP contribution in [0.5, 0.6) is 0 Å². The molecule has 0 aliphatic carbocycles. The average molecular weight is 364 g/mol. The summed E-state index contributed by atoms with van der Waals surface area (Å²) >= 11 is 0. The third kappa shape index (κ3) is 4.24. The van der Waals surface area contributed by atoms with E-state index in [1.165, 1.54) is 37.4 Å². The summed E-state index contributed by atoms with van der Waals surface area (Å²) < 4.78 is 40.0. The highest BCUT2D eigenvalue weighted by atomic mass is 32.2. The first-order valence-electron chi connectivity index (χ1n) is 7.89. The topological polar surface area (TPSA) is 80.5 Å². The molecule has 25 heavy (non-hydrogen) atoms. The van der Waals surface area contributed by atoms with Gasteiger partial charge in [0.25, 0.3) is 0 Å². The van der Waals surface area contributed by atoms with Crippen molar-refractivity contribution in [2.75, 3.05) is 7.05 Å². The minimum atomic E-state index is -3.97. The summed E-state index contributed by atoms with van der Waals surface area (Å²) in [6.07, 6.45) is 1.80. The number of aryl methyl sites for hydroxylation is 1. The quantitative estimate of drug-likeness (QED) is 0.820. The number of halogens is 1. The van der Waals surface area contributed by atoms with Crippen LogP contribution in [0.2, 0.25) is 0 Å². The van der Waals surface area contributed by atoms with Gasteiger partial charge in [-0.3, -0.25) is 4.79 Å². The molecule has 0 fully saturated rings. The molecular formula is C18H21FN2O3S. The van der Waals surface area contributed by atoms with Crippen molar-refractivity contribution in [1.29, 1.82) is 0 Å². The lowest BCUT2D eigenvalue weighted by Gasteiger charge is -2.25. The fourth-order valence-electron chi connectivity index (χ4n) is 2.65. The third-order valence-electron chi connectivity index (χ3n) is 3.94. The van der Waals surface area contributed by atoms with Gasteiger partial charge in [-0.1, -0.05) is 37.6 Å². The minimum absolute atomic E-state index is 0.0532. The maximum absolute atomic E-state index is 13.5. The Hall–Kier alpha value is -2.25. The third-order valence-corrected chi connectivity index (χ3v) is 5.77. The summed E-state index contributed by atoms with van der Waals surface area (Å²) in [5.74, 6) is -1.45. The normalized spacial score (nSPS) is 13.0. The number of carbonyl (C=O) groups is 1. The molecule has 2 N–H and O–H groups in total. The molecule has 2 aromatic carbocycles. The van der Waals surface area contributed by atoms with Crippen molar-refractivity contribution < 1.29 is 17.6 Å². The van der Waals surface area contributed by atoms with Crippen molar-refractivity contribution in [3.63, 3.8) is 0 Å². The molecular weight excluding hydrogens is 343 g/mol. The molecule has 134 valence electrons. The van der Waals surface area contributed by atoms with Gasteiger partial charge in [-0.05, 0) is 41.8 Å². The Morgan fingerprint density at radius 2 is 1.84 bits per heavy atom. The number of carbonyl (C=O) groups excluding carboxylic acids is 1. The van der Waals surface area contributed by atoms with Crippen molar-refractivity contribution in [1.82, 2.24) is 4.31 Å². The van der Waals surface area contributed by atoms with E-state index >= 15 is 0 Å². The van der Waals surface area contributed by atoms with Crippen LogP contribution in [0.15, 0.2) is 53.4 Å². The molecule has 0 saturated heterocycles. The number of likely N-dealkylation sites (N-methyl/N-ethyl adjacent to an activating group) is 1. The van der Waals surface area contributed by atoms with Crippen LogP contribution in [0, 0.1) is 5.82 Å². The summed E-state index contributed by atoms with van der Waals surface area (Å²) in [6.45, 7) is 2.04. The van der Waals surface area contributed by atoms with Gasteiger partial charge < -0.3 is 5.73 Å². The number of rotatable bonds is 7. The number of amides is 1. The van der Waals surface area contributed by atoms with Crippen molar-refractivity contribution in [2.24, 2.45) is 5.73 Å². The van der Waals surface area contributed by atoms with E-state index in [2.05, 4.69) is 0 Å². The number of nitrogens with two attached hydrogens (primary N) is 1. The molecule has 0 radical (unpaired) electrons. The first kappa shape index (κ1) is 19.1. The fourth-order valence-corrected chi connectivity index (χ4v) is 3.97. The molecule has 0 saturated carbocycles. The zero-order chi connectivity index (χ0) is 18.6. The second-order valence-corrected chi connectivity index (χ2v) is 7.77. The smallest absolute Gasteiger partial charge is 0.243 e. The highest BCUT2D eigenvalue weighted by Gasteiger charge is 2.33. The molecule has 0 spiro atoms. The van der Waals surface area contributed by atoms with E-state index in [9.17, 15) is 17.6 Å². The Bertz CT molecular complexity index is 851. The van der Waals surface area contributed by atoms with Crippen LogP contribution in [-0.4, -0.2) is 25.7 Å². The second kappa shape index (κ2) is 7.76. The van der Waals surface area contributed by atoms with Crippen molar-refractivity contribution in [3.8, 4) is 0 Å². The first-order chi connectivity index (χ1) is 11.8. The lowest BCUT2D eigenvalue weighted by molar-refractivity contribution is -0.121. The van der Waals surface area contributed by atoms with Crippen molar-refractivity contribution >= 4 is 15.9 Å². The number of primary amides is 1. The SMILES string of the molecule is CCCc1ccc(S(=O)(=O)N(C)C(C(N)=O)c2cccc(F)c2)cc1. The molecule has 1 atom stereocenters. The Kier molecular flexibility index (Phi) is 5.92. The van der Waals surface area contributed by atoms with Gasteiger partial charge in [-0.2, -0.15) is 4.31 Å². The number of sulfonamides is 1. The van der Waals surface area contributed by atoms with Gasteiger partial charge >= 0.3 is 0 Å². The van der Waals surface area contributed by atoms with E-state index in [1.807, 2.05) is 6.92 Å². The fraction of sp³-hybridized carbons (Fsp3) is 0.278. The zero-order valence-corrected chi connectivity index (χ0v) is 15.0. The second-order valence-electron chi connectivity index (χ2n) is 5.78. The molecule has 0 bridgehead atoms. The summed E-state index contributed by atoms with van der Waals surface area (Å²) in [7, 11) is -2.71. The molecule has 0 aromatic heterocycles. The zero-order valence-electron chi connectivity index (χ0n) is 14.1. The van der Waals surface area contributed by atoms with Crippen LogP contribution in [0.4, 0.5) is 4.39 Å². The molecule has 0 aliphatic rings. The number of hydrogen-bond acceptors (Lipinski definition) is 3. The highest BCUT2D eigenvalue weighted by Crippen LogP contribution is 2.26. The molecule has 0 aliphatic heterocycles. The summed E-state index contributed by atoms with van der Waals surface area (Å²) in [4.78, 5) is 11.9. The minimum Gasteiger partial charge on any atom is -0.368 e. The predicted molar refractivity (Wildman–Crippen MR) is 93.7 cm³/mol. The maximum Gasteiger partial charge on any atom is 0.243 e. The van der Waals surface area contributed by atoms with Crippen LogP contribution in [0.25, 0.3) is 0 Å². The van der Waals surface area contributed by atoms with Crippen molar-refractivity contribution in [2.45, 2.75) is 30.7 Å². The largest absolute Gasteiger partial charge is 0.368 e. The van der Waals surface area contributed by atoms with Gasteiger partial charge in [-0.25, -0.2) is 12.8 Å². The van der Waals surface area contributed by atoms with Gasteiger partial charge in [0, 0.05) is 7.05 Å². The van der Waals surface area contributed by atoms with E-state index in [4.69, 9.17) is 5.73 Å². The van der Waals surface area contributed by atoms with Gasteiger partial charge in [0.1, 0.15) is 11.9 Å². The number of nitrogens with zero attached hydrogens (tertiary/aromatic N) is 1. The molecule has 2 rings (SSSR count). The molecule has 2 aromatic rings. The standard InChI is InChI=1S/C18H21FN2O3S/c1-3-5-13-8-10-16(11-9-13)25(23,24)21(2)17(18(20)22)14-6-4-7-15(19)12-14/h4,6-12,17H,3,5H2,1-2H3,(H2,20,22). The van der Waals surface area contributed by atoms with Crippen LogP contribution in [0.3, 0.4) is 0 Å². The van der Waals surface area contributed by atoms with Gasteiger partial charge in [0.2, 0.25) is 15.9 Å². The molecule has 0 heterocycles. The lowest BCUT2D eigenvalue weighted by atomic mass is 10.1. The monoisotopic (exact) mass is 364 g/mol. The Morgan fingerprint density at radius 1 is 1.20 bits per heavy atom. The average Bonchev–Trinajstić information content (AvgIpc) is 2.55. The number of benzene rings is 2. The van der Waals surface area contributed by atoms with Crippen LogP contribution >= 0.6 is 0 Å². The Labute approximate surface area is 147 Å². The number of hydrogen-bond donors (Lipinski definition) is 1. The van der Waals surface area contributed by atoms with Gasteiger partial charge in [0.05, 0.1) is 4.90 Å². The van der Waals surface area contributed by atoms with Gasteiger partial charge in [-0.15, -0.1) is 0 Å². The summed E-state index contributed by atoms with van der Waals surface area (Å²) in [5, 5.41) is 0. The van der Waals surface area contributed by atoms with Crippen LogP contribution < -0.4 is 5.73 Å². The lowest BCUT2D eigenvalue weighted by Crippen LogP contribution is -2.39. The van der Waals surface area contributed by atoms with E-state index in [0.29, 0.717) is 0 Å². The first-order valence-corrected chi connectivity index (χ1v) is 9.33. The molecule has 7 heteroatoms. The van der Waals surface area contributed by atoms with E-state index in [-0.39, 0.29) is 10.5 Å². The maximum atomic E-state index is 13.5. The molecule has 1 unspecified atom stereocenters. The predicted octanol–water partition coefficient (Wildman–Crippen LogP) is 2.63. The highest BCUT2D eigenvalue weighted by molar-refractivity contribution is 7.89. The summed E-state index contributed by atoms with van der Waals surface area (Å²) in [6, 6.07) is 10.4. The van der Waals surface area contributed by atoms with Gasteiger partial charge in [0.15, 0.2) is 0 Å². The Balaban J connectivity index is 2.40. The van der Waals surface area contributed by atoms with E-state index in [0.717, 1.165) is 28.8 Å². The van der Waals surface area contributed by atoms with Crippen molar-refractivity contribution in [3.05, 3.63) is 65.5 Å². The molecule has 5 nitrogen and oxygen atoms in total.